The highest BCUT2D eigenvalue weighted by molar-refractivity contribution is 5.80. The van der Waals surface area contributed by atoms with E-state index in [-0.39, 0.29) is 0 Å². The Labute approximate surface area is 80.4 Å². The minimum atomic E-state index is 0.835. The van der Waals surface area contributed by atoms with Crippen LogP contribution in [0.15, 0.2) is 4.99 Å². The van der Waals surface area contributed by atoms with Crippen molar-refractivity contribution >= 4 is 5.84 Å². The molecule has 0 aromatic heterocycles. The standard InChI is InChI=1S/C10H20N2O/c11-10-6-2-1-4-8-13-9-5-3-7-12-10/h1-9H2,(H2,11,12). The van der Waals surface area contributed by atoms with Crippen LogP contribution in [0.25, 0.3) is 0 Å². The van der Waals surface area contributed by atoms with Gasteiger partial charge in [0.1, 0.15) is 0 Å². The van der Waals surface area contributed by atoms with Crippen molar-refractivity contribution in [3.63, 3.8) is 0 Å². The largest absolute Gasteiger partial charge is 0.387 e. The Morgan fingerprint density at radius 1 is 1.00 bits per heavy atom. The van der Waals surface area contributed by atoms with Gasteiger partial charge in [0.2, 0.25) is 0 Å². The van der Waals surface area contributed by atoms with Crippen LogP contribution in [-0.2, 0) is 4.74 Å². The molecular formula is C10H20N2O. The lowest BCUT2D eigenvalue weighted by molar-refractivity contribution is 0.126. The first-order valence-corrected chi connectivity index (χ1v) is 5.26. The zero-order valence-electron chi connectivity index (χ0n) is 8.30. The summed E-state index contributed by atoms with van der Waals surface area (Å²) in [5, 5.41) is 0. The Morgan fingerprint density at radius 2 is 1.77 bits per heavy atom. The van der Waals surface area contributed by atoms with Gasteiger partial charge in [-0.25, -0.2) is 0 Å². The summed E-state index contributed by atoms with van der Waals surface area (Å²) in [6.07, 6.45) is 6.68. The number of rotatable bonds is 0. The van der Waals surface area contributed by atoms with Gasteiger partial charge in [0.25, 0.3) is 0 Å². The fraction of sp³-hybridized carbons (Fsp3) is 0.900. The highest BCUT2D eigenvalue weighted by Gasteiger charge is 1.97. The van der Waals surface area contributed by atoms with Crippen molar-refractivity contribution in [3.05, 3.63) is 0 Å². The highest BCUT2D eigenvalue weighted by atomic mass is 16.5. The van der Waals surface area contributed by atoms with Gasteiger partial charge in [-0.2, -0.15) is 0 Å². The average Bonchev–Trinajstić information content (AvgIpc) is 2.11. The Morgan fingerprint density at radius 3 is 2.62 bits per heavy atom. The van der Waals surface area contributed by atoms with Gasteiger partial charge >= 0.3 is 0 Å². The molecule has 0 bridgehead atoms. The number of ether oxygens (including phenoxy) is 1. The maximum atomic E-state index is 5.73. The van der Waals surface area contributed by atoms with Crippen LogP contribution in [0.4, 0.5) is 0 Å². The molecule has 13 heavy (non-hydrogen) atoms. The molecule has 0 aromatic rings. The first-order valence-electron chi connectivity index (χ1n) is 5.26. The van der Waals surface area contributed by atoms with E-state index < -0.39 is 0 Å². The molecule has 0 unspecified atom stereocenters. The maximum Gasteiger partial charge on any atom is 0.0937 e. The second kappa shape index (κ2) is 6.89. The zero-order valence-corrected chi connectivity index (χ0v) is 8.30. The first-order chi connectivity index (χ1) is 6.39. The molecule has 3 nitrogen and oxygen atoms in total. The van der Waals surface area contributed by atoms with Crippen LogP contribution in [0.1, 0.15) is 38.5 Å². The summed E-state index contributed by atoms with van der Waals surface area (Å²) in [4.78, 5) is 4.30. The Balaban J connectivity index is 2.23. The quantitative estimate of drug-likeness (QED) is 0.623. The normalized spacial score (nSPS) is 22.6. The van der Waals surface area contributed by atoms with Crippen molar-refractivity contribution in [2.75, 3.05) is 19.8 Å². The number of hydrogen-bond donors (Lipinski definition) is 1. The fourth-order valence-corrected chi connectivity index (χ4v) is 1.41. The van der Waals surface area contributed by atoms with Gasteiger partial charge in [-0.3, -0.25) is 4.99 Å². The smallest absolute Gasteiger partial charge is 0.0937 e. The highest BCUT2D eigenvalue weighted by Crippen LogP contribution is 2.02. The van der Waals surface area contributed by atoms with E-state index in [1.54, 1.807) is 0 Å². The van der Waals surface area contributed by atoms with Crippen LogP contribution in [0.2, 0.25) is 0 Å². The summed E-state index contributed by atoms with van der Waals surface area (Å²) in [6, 6.07) is 0. The molecule has 0 amide bonds. The summed E-state index contributed by atoms with van der Waals surface area (Å²) < 4.78 is 5.45. The van der Waals surface area contributed by atoms with Gasteiger partial charge in [0.05, 0.1) is 5.84 Å². The van der Waals surface area contributed by atoms with E-state index >= 15 is 0 Å². The van der Waals surface area contributed by atoms with Crippen molar-refractivity contribution in [1.29, 1.82) is 0 Å². The van der Waals surface area contributed by atoms with E-state index in [1.807, 2.05) is 0 Å². The molecule has 1 aliphatic rings. The molecule has 2 N–H and O–H groups in total. The lowest BCUT2D eigenvalue weighted by Gasteiger charge is -2.06. The average molecular weight is 184 g/mol. The van der Waals surface area contributed by atoms with E-state index in [0.29, 0.717) is 0 Å². The van der Waals surface area contributed by atoms with Crippen LogP contribution in [0.3, 0.4) is 0 Å². The first kappa shape index (κ1) is 10.5. The van der Waals surface area contributed by atoms with Gasteiger partial charge < -0.3 is 10.5 Å². The molecule has 76 valence electrons. The third-order valence-corrected chi connectivity index (χ3v) is 2.23. The van der Waals surface area contributed by atoms with Gasteiger partial charge in [-0.15, -0.1) is 0 Å². The third-order valence-electron chi connectivity index (χ3n) is 2.23. The van der Waals surface area contributed by atoms with Crippen LogP contribution in [0, 0.1) is 0 Å². The topological polar surface area (TPSA) is 47.6 Å². The SMILES string of the molecule is NC1=NCCCCOCCCCC1. The van der Waals surface area contributed by atoms with E-state index in [1.165, 1.54) is 6.42 Å². The van der Waals surface area contributed by atoms with Crippen molar-refractivity contribution < 1.29 is 4.74 Å². The molecule has 1 rings (SSSR count). The van der Waals surface area contributed by atoms with Crippen molar-refractivity contribution in [2.24, 2.45) is 10.7 Å². The van der Waals surface area contributed by atoms with Crippen LogP contribution in [-0.4, -0.2) is 25.6 Å². The van der Waals surface area contributed by atoms with Gasteiger partial charge in [0, 0.05) is 26.2 Å². The number of nitrogens with zero attached hydrogens (tertiary/aromatic N) is 1. The maximum absolute atomic E-state index is 5.73. The Hall–Kier alpha value is -0.570. The van der Waals surface area contributed by atoms with Crippen LogP contribution >= 0.6 is 0 Å². The zero-order chi connectivity index (χ0) is 9.36. The fourth-order valence-electron chi connectivity index (χ4n) is 1.41. The molecule has 0 saturated carbocycles. The van der Waals surface area contributed by atoms with E-state index in [0.717, 1.165) is 57.7 Å². The summed E-state index contributed by atoms with van der Waals surface area (Å²) in [5.41, 5.74) is 5.73. The number of nitrogens with two attached hydrogens (primary N) is 1. The molecule has 1 aliphatic heterocycles. The van der Waals surface area contributed by atoms with Gasteiger partial charge in [-0.05, 0) is 25.7 Å². The molecule has 0 fully saturated rings. The predicted octanol–water partition coefficient (Wildman–Crippen LogP) is 1.71. The molecular weight excluding hydrogens is 164 g/mol. The van der Waals surface area contributed by atoms with E-state index in [9.17, 15) is 0 Å². The number of aliphatic imine (C=N–C) groups is 1. The van der Waals surface area contributed by atoms with Crippen molar-refractivity contribution in [1.82, 2.24) is 0 Å². The minimum Gasteiger partial charge on any atom is -0.387 e. The molecule has 0 aliphatic carbocycles. The lowest BCUT2D eigenvalue weighted by atomic mass is 10.2. The summed E-state index contributed by atoms with van der Waals surface area (Å²) >= 11 is 0. The third kappa shape index (κ3) is 5.64. The molecule has 0 aromatic carbocycles. The Bertz CT molecular complexity index is 157. The second-order valence-corrected chi connectivity index (χ2v) is 3.50. The van der Waals surface area contributed by atoms with E-state index in [2.05, 4.69) is 4.99 Å². The second-order valence-electron chi connectivity index (χ2n) is 3.50. The van der Waals surface area contributed by atoms with E-state index in [4.69, 9.17) is 10.5 Å². The monoisotopic (exact) mass is 184 g/mol. The lowest BCUT2D eigenvalue weighted by Crippen LogP contribution is -2.13. The molecule has 1 heterocycles. The van der Waals surface area contributed by atoms with Gasteiger partial charge in [-0.1, -0.05) is 6.42 Å². The summed E-state index contributed by atoms with van der Waals surface area (Å²) in [5.74, 6) is 0.835. The minimum absolute atomic E-state index is 0.835. The van der Waals surface area contributed by atoms with Crippen molar-refractivity contribution in [2.45, 2.75) is 38.5 Å². The summed E-state index contributed by atoms with van der Waals surface area (Å²) in [7, 11) is 0. The molecule has 0 atom stereocenters. The Kier molecular flexibility index (Phi) is 5.57. The molecule has 0 spiro atoms. The number of amidine groups is 1. The summed E-state index contributed by atoms with van der Waals surface area (Å²) in [6.45, 7) is 2.67. The van der Waals surface area contributed by atoms with Crippen molar-refractivity contribution in [3.8, 4) is 0 Å². The van der Waals surface area contributed by atoms with Gasteiger partial charge in [0.15, 0.2) is 0 Å². The van der Waals surface area contributed by atoms with Crippen LogP contribution < -0.4 is 5.73 Å². The molecule has 0 saturated heterocycles. The number of hydrogen-bond acceptors (Lipinski definition) is 3. The molecule has 0 radical (unpaired) electrons. The van der Waals surface area contributed by atoms with Crippen LogP contribution in [0.5, 0.6) is 0 Å². The molecule has 3 heteroatoms. The predicted molar refractivity (Wildman–Crippen MR) is 55.0 cm³/mol.